The van der Waals surface area contributed by atoms with Crippen LogP contribution in [0.3, 0.4) is 0 Å². The van der Waals surface area contributed by atoms with Crippen LogP contribution in [0.5, 0.6) is 0 Å². The van der Waals surface area contributed by atoms with Crippen molar-refractivity contribution in [3.05, 3.63) is 0 Å². The Kier molecular flexibility index (Phi) is 11.3. The Balaban J connectivity index is 6.78. The van der Waals surface area contributed by atoms with E-state index < -0.39 is 59.7 Å². The smallest absolute Gasteiger partial charge is 0.396 e. The average molecular weight is 563 g/mol. The quantitative estimate of drug-likeness (QED) is 0.235. The first-order valence-electron chi connectivity index (χ1n) is 11.1. The van der Waals surface area contributed by atoms with E-state index in [2.05, 4.69) is 98.2 Å². The first kappa shape index (κ1) is 32.2. The highest BCUT2D eigenvalue weighted by Gasteiger charge is 2.64. The van der Waals surface area contributed by atoms with Gasteiger partial charge in [0.2, 0.25) is 0 Å². The van der Waals surface area contributed by atoms with Gasteiger partial charge in [-0.05, 0) is 105 Å². The second-order valence-corrected chi connectivity index (χ2v) is 40.9. The summed E-state index contributed by atoms with van der Waals surface area (Å²) in [6.07, 6.45) is 0. The van der Waals surface area contributed by atoms with E-state index in [1.807, 2.05) is 6.92 Å². The topological polar surface area (TPSA) is 64.6 Å². The van der Waals surface area contributed by atoms with Crippen molar-refractivity contribution < 1.29 is 29.1 Å². The maximum absolute atomic E-state index is 6.86. The van der Waals surface area contributed by atoms with Crippen molar-refractivity contribution in [1.29, 1.82) is 0 Å². The summed E-state index contributed by atoms with van der Waals surface area (Å²) in [5.41, 5.74) is 0. The van der Waals surface area contributed by atoms with Gasteiger partial charge in [0.1, 0.15) is 0 Å². The zero-order chi connectivity index (χ0) is 25.2. The predicted octanol–water partition coefficient (Wildman–Crippen LogP) is 6.17. The van der Waals surface area contributed by atoms with Gasteiger partial charge in [-0.2, -0.15) is 0 Å². The van der Waals surface area contributed by atoms with E-state index in [0.29, 0.717) is 6.61 Å². The second kappa shape index (κ2) is 10.9. The molecule has 0 amide bonds. The fourth-order valence-corrected chi connectivity index (χ4v) is 24.6. The zero-order valence-electron chi connectivity index (χ0n) is 23.1. The molecule has 0 aromatic heterocycles. The lowest BCUT2D eigenvalue weighted by Crippen LogP contribution is -2.71. The highest BCUT2D eigenvalue weighted by Crippen LogP contribution is 2.33. The molecule has 0 bridgehead atoms. The number of rotatable bonds is 14. The SMILES string of the molecule is CCO[Si](O[Si](C)(C)C)(O[Si](C)(C)C)O[Si](O[Si](C)(C)C)(O[Si](C)(C)C)O[Si](C)(C)C. The lowest BCUT2D eigenvalue weighted by molar-refractivity contribution is 0.0362. The summed E-state index contributed by atoms with van der Waals surface area (Å²) < 4.78 is 46.5. The fourth-order valence-electron chi connectivity index (χ4n) is 2.48. The molecule has 0 saturated carbocycles. The van der Waals surface area contributed by atoms with Crippen molar-refractivity contribution in [2.24, 2.45) is 0 Å². The molecule has 0 atom stereocenters. The summed E-state index contributed by atoms with van der Waals surface area (Å²) in [7, 11) is -17.9. The van der Waals surface area contributed by atoms with Gasteiger partial charge in [0.05, 0.1) is 0 Å². The Labute approximate surface area is 200 Å². The van der Waals surface area contributed by atoms with Crippen LogP contribution in [0.2, 0.25) is 98.2 Å². The standard InChI is InChI=1S/C17H50O7Si7/c1-17-18-30(19-25(2,3)4,20-26(5,6)7)24-31(21-27(8,9)10,22-28(11,12)13)23-29(14,15)16/h17H2,1-16H3. The fraction of sp³-hybridized carbons (Fsp3) is 1.00. The molecule has 0 rings (SSSR count). The van der Waals surface area contributed by atoms with E-state index in [-0.39, 0.29) is 0 Å². The molecule has 14 heteroatoms. The summed E-state index contributed by atoms with van der Waals surface area (Å²) in [5.74, 6) is 0. The van der Waals surface area contributed by atoms with Crippen molar-refractivity contribution in [3.63, 3.8) is 0 Å². The van der Waals surface area contributed by atoms with Crippen molar-refractivity contribution in [1.82, 2.24) is 0 Å². The predicted molar refractivity (Wildman–Crippen MR) is 146 cm³/mol. The molecule has 0 aliphatic carbocycles. The molecule has 0 radical (unpaired) electrons. The molecular weight excluding hydrogens is 513 g/mol. The van der Waals surface area contributed by atoms with Crippen LogP contribution in [0.4, 0.5) is 0 Å². The van der Waals surface area contributed by atoms with Gasteiger partial charge in [0.25, 0.3) is 0 Å². The van der Waals surface area contributed by atoms with Gasteiger partial charge in [-0.25, -0.2) is 0 Å². The van der Waals surface area contributed by atoms with Crippen molar-refractivity contribution in [2.75, 3.05) is 6.61 Å². The molecule has 7 nitrogen and oxygen atoms in total. The molecule has 0 unspecified atom stereocenters. The Morgan fingerprint density at radius 3 is 0.774 bits per heavy atom. The van der Waals surface area contributed by atoms with Gasteiger partial charge >= 0.3 is 18.1 Å². The van der Waals surface area contributed by atoms with E-state index >= 15 is 0 Å². The van der Waals surface area contributed by atoms with E-state index in [0.717, 1.165) is 0 Å². The summed E-state index contributed by atoms with van der Waals surface area (Å²) >= 11 is 0. The first-order valence-corrected chi connectivity index (χ1v) is 31.5. The molecule has 0 saturated heterocycles. The molecule has 0 aliphatic rings. The van der Waals surface area contributed by atoms with E-state index in [1.54, 1.807) is 0 Å². The van der Waals surface area contributed by atoms with Gasteiger partial charge in [-0.15, -0.1) is 0 Å². The Morgan fingerprint density at radius 1 is 0.355 bits per heavy atom. The molecule has 0 spiro atoms. The molecule has 0 fully saturated rings. The first-order chi connectivity index (χ1) is 13.3. The van der Waals surface area contributed by atoms with Crippen molar-refractivity contribution in [2.45, 2.75) is 105 Å². The third-order valence-corrected chi connectivity index (χ3v) is 22.6. The lowest BCUT2D eigenvalue weighted by atomic mass is 10.9. The van der Waals surface area contributed by atoms with E-state index in [4.69, 9.17) is 29.1 Å². The summed E-state index contributed by atoms with van der Waals surface area (Å²) in [6, 6.07) is 0. The van der Waals surface area contributed by atoms with Crippen LogP contribution in [-0.2, 0) is 29.1 Å². The Hall–Kier alpha value is 1.24. The monoisotopic (exact) mass is 562 g/mol. The zero-order valence-corrected chi connectivity index (χ0v) is 30.1. The summed E-state index contributed by atoms with van der Waals surface area (Å²) in [4.78, 5) is 0. The van der Waals surface area contributed by atoms with Crippen LogP contribution < -0.4 is 0 Å². The molecule has 0 aromatic carbocycles. The molecular formula is C17H50O7Si7. The van der Waals surface area contributed by atoms with Crippen LogP contribution in [0.25, 0.3) is 0 Å². The average Bonchev–Trinajstić information content (AvgIpc) is 2.24. The van der Waals surface area contributed by atoms with Crippen LogP contribution in [0.1, 0.15) is 6.92 Å². The minimum Gasteiger partial charge on any atom is -0.396 e. The summed E-state index contributed by atoms with van der Waals surface area (Å²) in [6.45, 7) is 34.2. The van der Waals surface area contributed by atoms with Crippen molar-refractivity contribution in [3.8, 4) is 0 Å². The molecule has 0 aliphatic heterocycles. The van der Waals surface area contributed by atoms with E-state index in [9.17, 15) is 0 Å². The highest BCUT2D eigenvalue weighted by molar-refractivity contribution is 6.92. The minimum absolute atomic E-state index is 0.415. The van der Waals surface area contributed by atoms with E-state index in [1.165, 1.54) is 0 Å². The third kappa shape index (κ3) is 15.7. The van der Waals surface area contributed by atoms with Gasteiger partial charge in [0, 0.05) is 6.61 Å². The van der Waals surface area contributed by atoms with Gasteiger partial charge < -0.3 is 29.1 Å². The number of hydrogen-bond acceptors (Lipinski definition) is 7. The number of hydrogen-bond donors (Lipinski definition) is 0. The van der Waals surface area contributed by atoms with Crippen LogP contribution in [-0.4, -0.2) is 66.3 Å². The van der Waals surface area contributed by atoms with Gasteiger partial charge in [-0.1, -0.05) is 0 Å². The maximum Gasteiger partial charge on any atom is 0.652 e. The van der Waals surface area contributed by atoms with Crippen LogP contribution >= 0.6 is 0 Å². The molecule has 0 aromatic rings. The Morgan fingerprint density at radius 2 is 0.581 bits per heavy atom. The van der Waals surface area contributed by atoms with Crippen molar-refractivity contribution >= 4 is 59.7 Å². The third-order valence-electron chi connectivity index (χ3n) is 2.73. The molecule has 31 heavy (non-hydrogen) atoms. The second-order valence-electron chi connectivity index (χ2n) is 12.6. The molecule has 188 valence electrons. The van der Waals surface area contributed by atoms with Gasteiger partial charge in [-0.3, -0.25) is 0 Å². The Bertz CT molecular complexity index is 501. The highest BCUT2D eigenvalue weighted by atomic mass is 28.6. The van der Waals surface area contributed by atoms with Crippen LogP contribution in [0.15, 0.2) is 0 Å². The van der Waals surface area contributed by atoms with Crippen LogP contribution in [0, 0.1) is 0 Å². The maximum atomic E-state index is 6.86. The van der Waals surface area contributed by atoms with Gasteiger partial charge in [0.15, 0.2) is 41.6 Å². The summed E-state index contributed by atoms with van der Waals surface area (Å²) in [5, 5.41) is 0. The normalized spacial score (nSPS) is 15.5. The molecule has 0 N–H and O–H groups in total. The largest absolute Gasteiger partial charge is 0.652 e. The lowest BCUT2D eigenvalue weighted by Gasteiger charge is -2.46. The minimum atomic E-state index is -3.66. The molecule has 0 heterocycles.